The number of benzene rings is 3. The molecule has 0 aliphatic rings. The van der Waals surface area contributed by atoms with Gasteiger partial charge in [0.2, 0.25) is 11.7 Å². The standard InChI is InChI=1S/C30H34N2O9/c1-36-23-12-10-21(16-24(23)37-2)19-6-8-20(9-7-19)29(34)41-30(35)22(11-13-27(31)33)32-17-18-14-25(38-3)28(40-5)26(15-18)39-4/h6-10,12,14-16,22,32H,11,13,17H2,1-5H3,(H2,31,33)/t22-/m0/s1. The lowest BCUT2D eigenvalue weighted by molar-refractivity contribution is -0.140. The summed E-state index contributed by atoms with van der Waals surface area (Å²) in [6.07, 6.45) is -0.0552. The van der Waals surface area contributed by atoms with E-state index < -0.39 is 23.9 Å². The lowest BCUT2D eigenvalue weighted by Gasteiger charge is -2.18. The van der Waals surface area contributed by atoms with Gasteiger partial charge in [-0.25, -0.2) is 9.59 Å². The first-order chi connectivity index (χ1) is 19.7. The van der Waals surface area contributed by atoms with Gasteiger partial charge in [-0.2, -0.15) is 0 Å². The van der Waals surface area contributed by atoms with Crippen molar-refractivity contribution in [3.05, 3.63) is 65.7 Å². The zero-order chi connectivity index (χ0) is 29.9. The minimum absolute atomic E-state index is 0.0319. The quantitative estimate of drug-likeness (QED) is 0.220. The third kappa shape index (κ3) is 7.89. The number of nitrogens with one attached hydrogen (secondary N) is 1. The van der Waals surface area contributed by atoms with Gasteiger partial charge in [0.05, 0.1) is 41.1 Å². The lowest BCUT2D eigenvalue weighted by atomic mass is 10.0. The van der Waals surface area contributed by atoms with Crippen LogP contribution in [0.2, 0.25) is 0 Å². The minimum atomic E-state index is -0.989. The molecule has 3 rings (SSSR count). The average molecular weight is 567 g/mol. The van der Waals surface area contributed by atoms with E-state index in [1.165, 1.54) is 21.3 Å². The Bertz CT molecular complexity index is 1350. The van der Waals surface area contributed by atoms with Crippen molar-refractivity contribution >= 4 is 17.8 Å². The number of carbonyl (C=O) groups excluding carboxylic acids is 3. The minimum Gasteiger partial charge on any atom is -0.493 e. The Kier molecular flexibility index (Phi) is 10.9. The molecule has 0 aliphatic carbocycles. The summed E-state index contributed by atoms with van der Waals surface area (Å²) in [7, 11) is 7.59. The summed E-state index contributed by atoms with van der Waals surface area (Å²) in [4.78, 5) is 37.2. The van der Waals surface area contributed by atoms with Gasteiger partial charge in [-0.1, -0.05) is 18.2 Å². The van der Waals surface area contributed by atoms with Crippen LogP contribution in [0.5, 0.6) is 28.7 Å². The van der Waals surface area contributed by atoms with Gasteiger partial charge in [-0.05, 0) is 59.5 Å². The first kappa shape index (κ1) is 30.8. The topological polar surface area (TPSA) is 145 Å². The Hall–Kier alpha value is -4.77. The van der Waals surface area contributed by atoms with Crippen LogP contribution in [0.1, 0.15) is 28.8 Å². The normalized spacial score (nSPS) is 11.2. The molecule has 0 heterocycles. The van der Waals surface area contributed by atoms with E-state index in [1.54, 1.807) is 56.7 Å². The van der Waals surface area contributed by atoms with E-state index in [-0.39, 0.29) is 24.9 Å². The van der Waals surface area contributed by atoms with Gasteiger partial charge in [0, 0.05) is 13.0 Å². The lowest BCUT2D eigenvalue weighted by Crippen LogP contribution is -2.39. The number of hydrogen-bond donors (Lipinski definition) is 2. The van der Waals surface area contributed by atoms with Crippen molar-refractivity contribution in [3.63, 3.8) is 0 Å². The third-order valence-electron chi connectivity index (χ3n) is 6.27. The molecule has 11 nitrogen and oxygen atoms in total. The fourth-order valence-electron chi connectivity index (χ4n) is 4.10. The van der Waals surface area contributed by atoms with Crippen LogP contribution in [-0.4, -0.2) is 59.4 Å². The summed E-state index contributed by atoms with van der Waals surface area (Å²) >= 11 is 0. The van der Waals surface area contributed by atoms with Gasteiger partial charge in [0.25, 0.3) is 0 Å². The van der Waals surface area contributed by atoms with E-state index >= 15 is 0 Å². The van der Waals surface area contributed by atoms with Crippen LogP contribution in [-0.2, 0) is 20.9 Å². The Morgan fingerprint density at radius 2 is 1.32 bits per heavy atom. The number of esters is 2. The van der Waals surface area contributed by atoms with Gasteiger partial charge in [0.1, 0.15) is 6.04 Å². The highest BCUT2D eigenvalue weighted by molar-refractivity contribution is 5.98. The fourth-order valence-corrected chi connectivity index (χ4v) is 4.10. The highest BCUT2D eigenvalue weighted by Gasteiger charge is 2.24. The second-order valence-corrected chi connectivity index (χ2v) is 8.83. The molecule has 0 unspecified atom stereocenters. The smallest absolute Gasteiger partial charge is 0.345 e. The first-order valence-electron chi connectivity index (χ1n) is 12.6. The van der Waals surface area contributed by atoms with Crippen LogP contribution < -0.4 is 34.7 Å². The first-order valence-corrected chi connectivity index (χ1v) is 12.6. The van der Waals surface area contributed by atoms with E-state index in [0.717, 1.165) is 11.1 Å². The number of nitrogens with two attached hydrogens (primary N) is 1. The molecule has 0 aliphatic heterocycles. The van der Waals surface area contributed by atoms with Crippen molar-refractivity contribution in [3.8, 4) is 39.9 Å². The number of ether oxygens (including phenoxy) is 6. The van der Waals surface area contributed by atoms with Crippen LogP contribution in [0, 0.1) is 0 Å². The maximum atomic E-state index is 13.0. The van der Waals surface area contributed by atoms with Crippen LogP contribution >= 0.6 is 0 Å². The highest BCUT2D eigenvalue weighted by Crippen LogP contribution is 2.38. The van der Waals surface area contributed by atoms with Gasteiger partial charge in [-0.15, -0.1) is 0 Å². The zero-order valence-electron chi connectivity index (χ0n) is 23.6. The molecule has 41 heavy (non-hydrogen) atoms. The molecule has 0 aromatic heterocycles. The van der Waals surface area contributed by atoms with Crippen LogP contribution in [0.15, 0.2) is 54.6 Å². The Morgan fingerprint density at radius 1 is 0.732 bits per heavy atom. The van der Waals surface area contributed by atoms with Gasteiger partial charge in [0.15, 0.2) is 23.0 Å². The van der Waals surface area contributed by atoms with Gasteiger partial charge in [-0.3, -0.25) is 4.79 Å². The van der Waals surface area contributed by atoms with E-state index in [2.05, 4.69) is 5.32 Å². The summed E-state index contributed by atoms with van der Waals surface area (Å²) in [6, 6.07) is 14.5. The number of amides is 1. The number of carbonyl (C=O) groups is 3. The second-order valence-electron chi connectivity index (χ2n) is 8.83. The maximum Gasteiger partial charge on any atom is 0.345 e. The van der Waals surface area contributed by atoms with Crippen LogP contribution in [0.4, 0.5) is 0 Å². The summed E-state index contributed by atoms with van der Waals surface area (Å²) in [5, 5.41) is 3.03. The molecule has 0 fully saturated rings. The Morgan fingerprint density at radius 3 is 1.85 bits per heavy atom. The molecule has 1 amide bonds. The number of methoxy groups -OCH3 is 5. The van der Waals surface area contributed by atoms with Crippen molar-refractivity contribution < 1.29 is 42.8 Å². The van der Waals surface area contributed by atoms with Gasteiger partial charge < -0.3 is 39.5 Å². The summed E-state index contributed by atoms with van der Waals surface area (Å²) in [5.74, 6) is 0.207. The average Bonchev–Trinajstić information content (AvgIpc) is 2.99. The Labute approximate surface area is 238 Å². The van der Waals surface area contributed by atoms with Crippen molar-refractivity contribution in [2.24, 2.45) is 5.73 Å². The van der Waals surface area contributed by atoms with Crippen molar-refractivity contribution in [1.29, 1.82) is 0 Å². The molecule has 0 radical (unpaired) electrons. The molecule has 3 aromatic carbocycles. The monoisotopic (exact) mass is 566 g/mol. The molecule has 0 saturated heterocycles. The summed E-state index contributed by atoms with van der Waals surface area (Å²) in [5.41, 5.74) is 7.85. The largest absolute Gasteiger partial charge is 0.493 e. The molecule has 3 N–H and O–H groups in total. The fraction of sp³-hybridized carbons (Fsp3) is 0.300. The number of primary amides is 1. The molecule has 0 saturated carbocycles. The Balaban J connectivity index is 1.72. The maximum absolute atomic E-state index is 13.0. The molecule has 0 spiro atoms. The van der Waals surface area contributed by atoms with E-state index in [9.17, 15) is 14.4 Å². The predicted octanol–water partition coefficient (Wildman–Crippen LogP) is 3.50. The van der Waals surface area contributed by atoms with Crippen LogP contribution in [0.25, 0.3) is 11.1 Å². The van der Waals surface area contributed by atoms with Crippen molar-refractivity contribution in [2.45, 2.75) is 25.4 Å². The molecular weight excluding hydrogens is 532 g/mol. The van der Waals surface area contributed by atoms with Crippen LogP contribution in [0.3, 0.4) is 0 Å². The highest BCUT2D eigenvalue weighted by atomic mass is 16.6. The predicted molar refractivity (Wildman–Crippen MR) is 151 cm³/mol. The number of rotatable bonds is 14. The zero-order valence-corrected chi connectivity index (χ0v) is 23.6. The van der Waals surface area contributed by atoms with Crippen molar-refractivity contribution in [1.82, 2.24) is 5.32 Å². The third-order valence-corrected chi connectivity index (χ3v) is 6.27. The molecule has 1 atom stereocenters. The summed E-state index contributed by atoms with van der Waals surface area (Å²) in [6.45, 7) is 0.170. The molecule has 0 bridgehead atoms. The molecule has 218 valence electrons. The SMILES string of the molecule is COc1ccc(-c2ccc(C(=O)OC(=O)[C@H](CCC(N)=O)NCc3cc(OC)c(OC)c(OC)c3)cc2)cc1OC. The number of hydrogen-bond acceptors (Lipinski definition) is 10. The van der Waals surface area contributed by atoms with E-state index in [4.69, 9.17) is 34.2 Å². The molecule has 11 heteroatoms. The van der Waals surface area contributed by atoms with E-state index in [0.29, 0.717) is 34.3 Å². The van der Waals surface area contributed by atoms with Crippen molar-refractivity contribution in [2.75, 3.05) is 35.5 Å². The second kappa shape index (κ2) is 14.6. The van der Waals surface area contributed by atoms with E-state index in [1.807, 2.05) is 12.1 Å². The molecular formula is C30H34N2O9. The van der Waals surface area contributed by atoms with Gasteiger partial charge >= 0.3 is 11.9 Å². The molecule has 3 aromatic rings. The summed E-state index contributed by atoms with van der Waals surface area (Å²) < 4.78 is 31.9.